The number of rotatable bonds is 4. The Bertz CT molecular complexity index is 466. The van der Waals surface area contributed by atoms with Crippen LogP contribution < -0.4 is 4.74 Å². The van der Waals surface area contributed by atoms with Crippen molar-refractivity contribution < 1.29 is 9.53 Å². The normalized spacial score (nSPS) is 20.8. The van der Waals surface area contributed by atoms with E-state index in [9.17, 15) is 4.79 Å². The third-order valence-electron chi connectivity index (χ3n) is 4.82. The zero-order valence-corrected chi connectivity index (χ0v) is 13.1. The van der Waals surface area contributed by atoms with Gasteiger partial charge in [-0.2, -0.15) is 5.10 Å². The molecule has 0 N–H and O–H groups in total. The maximum Gasteiger partial charge on any atom is 0.233 e. The molecular weight excluding hydrogens is 278 g/mol. The second-order valence-electron chi connectivity index (χ2n) is 6.47. The summed E-state index contributed by atoms with van der Waals surface area (Å²) in [7, 11) is 0. The molecule has 0 radical (unpaired) electrons. The molecule has 1 saturated heterocycles. The van der Waals surface area contributed by atoms with Crippen LogP contribution in [0.3, 0.4) is 0 Å². The number of aromatic nitrogens is 2. The van der Waals surface area contributed by atoms with Gasteiger partial charge in [-0.05, 0) is 24.8 Å². The van der Waals surface area contributed by atoms with Crippen LogP contribution in [0.4, 0.5) is 0 Å². The zero-order chi connectivity index (χ0) is 15.2. The Morgan fingerprint density at radius 1 is 1.18 bits per heavy atom. The van der Waals surface area contributed by atoms with Gasteiger partial charge in [-0.1, -0.05) is 19.3 Å². The standard InChI is InChI=1S/C17H25N3O2/c21-17(13-14-5-2-1-3-6-14)20-11-8-15(9-12-20)22-16-7-4-10-18-19-16/h4,7,10,14-15H,1-3,5-6,8-9,11-13H2. The Morgan fingerprint density at radius 2 is 1.95 bits per heavy atom. The number of piperidine rings is 1. The first kappa shape index (κ1) is 15.3. The topological polar surface area (TPSA) is 55.3 Å². The lowest BCUT2D eigenvalue weighted by Crippen LogP contribution is -2.42. The van der Waals surface area contributed by atoms with Gasteiger partial charge in [-0.3, -0.25) is 4.79 Å². The molecule has 2 heterocycles. The minimum absolute atomic E-state index is 0.149. The van der Waals surface area contributed by atoms with E-state index in [1.54, 1.807) is 6.20 Å². The molecule has 0 atom stereocenters. The van der Waals surface area contributed by atoms with Crippen LogP contribution in [-0.4, -0.2) is 40.2 Å². The van der Waals surface area contributed by atoms with E-state index in [2.05, 4.69) is 10.2 Å². The Hall–Kier alpha value is -1.65. The van der Waals surface area contributed by atoms with Gasteiger partial charge in [0.2, 0.25) is 11.8 Å². The highest BCUT2D eigenvalue weighted by molar-refractivity contribution is 5.76. The van der Waals surface area contributed by atoms with E-state index in [-0.39, 0.29) is 6.10 Å². The number of likely N-dealkylation sites (tertiary alicyclic amines) is 1. The third-order valence-corrected chi connectivity index (χ3v) is 4.82. The van der Waals surface area contributed by atoms with Gasteiger partial charge in [-0.25, -0.2) is 0 Å². The third kappa shape index (κ3) is 4.18. The highest BCUT2D eigenvalue weighted by atomic mass is 16.5. The largest absolute Gasteiger partial charge is 0.473 e. The summed E-state index contributed by atoms with van der Waals surface area (Å²) in [6.07, 6.45) is 10.7. The van der Waals surface area contributed by atoms with Crippen LogP contribution in [0.15, 0.2) is 18.3 Å². The lowest BCUT2D eigenvalue weighted by Gasteiger charge is -2.33. The lowest BCUT2D eigenvalue weighted by atomic mass is 9.86. The summed E-state index contributed by atoms with van der Waals surface area (Å²) in [5.41, 5.74) is 0. The molecule has 5 nitrogen and oxygen atoms in total. The fourth-order valence-corrected chi connectivity index (χ4v) is 3.51. The number of hydrogen-bond acceptors (Lipinski definition) is 4. The summed E-state index contributed by atoms with van der Waals surface area (Å²) in [6.45, 7) is 1.60. The molecule has 1 aromatic heterocycles. The SMILES string of the molecule is O=C(CC1CCCCC1)N1CCC(Oc2cccnn2)CC1. The van der Waals surface area contributed by atoms with Crippen molar-refractivity contribution in [1.29, 1.82) is 0 Å². The van der Waals surface area contributed by atoms with Crippen molar-refractivity contribution in [1.82, 2.24) is 15.1 Å². The van der Waals surface area contributed by atoms with Gasteiger partial charge in [0, 0.05) is 44.6 Å². The number of hydrogen-bond donors (Lipinski definition) is 0. The predicted octanol–water partition coefficient (Wildman–Crippen LogP) is 2.82. The van der Waals surface area contributed by atoms with E-state index in [1.807, 2.05) is 17.0 Å². The lowest BCUT2D eigenvalue weighted by molar-refractivity contribution is -0.134. The molecule has 3 rings (SSSR count). The van der Waals surface area contributed by atoms with Crippen molar-refractivity contribution in [3.63, 3.8) is 0 Å². The number of carbonyl (C=O) groups excluding carboxylic acids is 1. The monoisotopic (exact) mass is 303 g/mol. The molecule has 1 saturated carbocycles. The number of nitrogens with zero attached hydrogens (tertiary/aromatic N) is 3. The van der Waals surface area contributed by atoms with Crippen LogP contribution in [0.5, 0.6) is 5.88 Å². The molecule has 120 valence electrons. The summed E-state index contributed by atoms with van der Waals surface area (Å²) >= 11 is 0. The van der Waals surface area contributed by atoms with Gasteiger partial charge in [0.15, 0.2) is 0 Å². The number of carbonyl (C=O) groups is 1. The molecule has 2 fully saturated rings. The predicted molar refractivity (Wildman–Crippen MR) is 83.5 cm³/mol. The highest BCUT2D eigenvalue weighted by Crippen LogP contribution is 2.27. The number of amides is 1. The Balaban J connectivity index is 1.42. The maximum atomic E-state index is 12.4. The minimum atomic E-state index is 0.149. The Kier molecular flexibility index (Phi) is 5.24. The summed E-state index contributed by atoms with van der Waals surface area (Å²) in [6, 6.07) is 3.65. The molecular formula is C17H25N3O2. The molecule has 0 unspecified atom stereocenters. The van der Waals surface area contributed by atoms with E-state index in [4.69, 9.17) is 4.74 Å². The summed E-state index contributed by atoms with van der Waals surface area (Å²) in [5, 5.41) is 7.77. The second-order valence-corrected chi connectivity index (χ2v) is 6.47. The van der Waals surface area contributed by atoms with Crippen molar-refractivity contribution in [3.8, 4) is 5.88 Å². The molecule has 0 spiro atoms. The second kappa shape index (κ2) is 7.56. The fourth-order valence-electron chi connectivity index (χ4n) is 3.51. The highest BCUT2D eigenvalue weighted by Gasteiger charge is 2.26. The molecule has 1 aliphatic heterocycles. The molecule has 0 bridgehead atoms. The quantitative estimate of drug-likeness (QED) is 0.858. The van der Waals surface area contributed by atoms with Crippen LogP contribution in [-0.2, 0) is 4.79 Å². The molecule has 22 heavy (non-hydrogen) atoms. The van der Waals surface area contributed by atoms with Crippen LogP contribution >= 0.6 is 0 Å². The average molecular weight is 303 g/mol. The van der Waals surface area contributed by atoms with Crippen LogP contribution in [0.25, 0.3) is 0 Å². The van der Waals surface area contributed by atoms with Crippen molar-refractivity contribution >= 4 is 5.91 Å². The van der Waals surface area contributed by atoms with Gasteiger partial charge in [0.1, 0.15) is 6.10 Å². The Morgan fingerprint density at radius 3 is 2.64 bits per heavy atom. The van der Waals surface area contributed by atoms with Gasteiger partial charge in [-0.15, -0.1) is 5.10 Å². The van der Waals surface area contributed by atoms with Gasteiger partial charge in [0.25, 0.3) is 0 Å². The zero-order valence-electron chi connectivity index (χ0n) is 13.1. The molecule has 1 aromatic rings. The van der Waals surface area contributed by atoms with Gasteiger partial charge in [0.05, 0.1) is 0 Å². The van der Waals surface area contributed by atoms with E-state index in [0.29, 0.717) is 17.7 Å². The summed E-state index contributed by atoms with van der Waals surface area (Å²) in [5.74, 6) is 1.54. The molecule has 0 aromatic carbocycles. The van der Waals surface area contributed by atoms with Crippen LogP contribution in [0.2, 0.25) is 0 Å². The molecule has 1 aliphatic carbocycles. The molecule has 1 amide bonds. The van der Waals surface area contributed by atoms with Crippen LogP contribution in [0, 0.1) is 5.92 Å². The van der Waals surface area contributed by atoms with Crippen molar-refractivity contribution in [2.75, 3.05) is 13.1 Å². The van der Waals surface area contributed by atoms with E-state index in [0.717, 1.165) is 32.4 Å². The first-order valence-corrected chi connectivity index (χ1v) is 8.53. The Labute approximate surface area is 132 Å². The summed E-state index contributed by atoms with van der Waals surface area (Å²) < 4.78 is 5.82. The molecule has 2 aliphatic rings. The average Bonchev–Trinajstić information content (AvgIpc) is 2.57. The van der Waals surface area contributed by atoms with Gasteiger partial charge >= 0.3 is 0 Å². The van der Waals surface area contributed by atoms with E-state index >= 15 is 0 Å². The fraction of sp³-hybridized carbons (Fsp3) is 0.706. The maximum absolute atomic E-state index is 12.4. The number of ether oxygens (including phenoxy) is 1. The summed E-state index contributed by atoms with van der Waals surface area (Å²) in [4.78, 5) is 14.4. The minimum Gasteiger partial charge on any atom is -0.473 e. The van der Waals surface area contributed by atoms with Gasteiger partial charge < -0.3 is 9.64 Å². The molecule has 5 heteroatoms. The smallest absolute Gasteiger partial charge is 0.233 e. The van der Waals surface area contributed by atoms with E-state index < -0.39 is 0 Å². The van der Waals surface area contributed by atoms with Crippen LogP contribution in [0.1, 0.15) is 51.4 Å². The first-order valence-electron chi connectivity index (χ1n) is 8.53. The first-order chi connectivity index (χ1) is 10.8. The van der Waals surface area contributed by atoms with Crippen molar-refractivity contribution in [2.45, 2.75) is 57.5 Å². The van der Waals surface area contributed by atoms with E-state index in [1.165, 1.54) is 32.1 Å². The van der Waals surface area contributed by atoms with Crippen molar-refractivity contribution in [3.05, 3.63) is 18.3 Å². The van der Waals surface area contributed by atoms with Crippen molar-refractivity contribution in [2.24, 2.45) is 5.92 Å².